The molecule has 4 heterocycles. The normalized spacial score (nSPS) is 20.2. The van der Waals surface area contributed by atoms with Crippen molar-refractivity contribution in [2.24, 2.45) is 5.92 Å². The van der Waals surface area contributed by atoms with E-state index in [1.807, 2.05) is 37.5 Å². The maximum atomic E-state index is 13.0. The SMILES string of the molecule is CC(n1cc(-c2cccnc2)nn1)n1ccc(N2CCC[C@@H](NCC3CCC3)C2)cc1=O. The molecule has 1 unspecified atom stereocenters. The van der Waals surface area contributed by atoms with E-state index in [0.29, 0.717) is 6.04 Å². The Labute approximate surface area is 188 Å². The van der Waals surface area contributed by atoms with Crippen LogP contribution in [0.5, 0.6) is 0 Å². The summed E-state index contributed by atoms with van der Waals surface area (Å²) in [6, 6.07) is 8.12. The van der Waals surface area contributed by atoms with Gasteiger partial charge >= 0.3 is 0 Å². The molecule has 1 aliphatic carbocycles. The predicted octanol–water partition coefficient (Wildman–Crippen LogP) is 2.93. The Hall–Kier alpha value is -3.00. The molecule has 0 radical (unpaired) electrons. The zero-order chi connectivity index (χ0) is 21.9. The molecule has 1 saturated heterocycles. The van der Waals surface area contributed by atoms with Crippen LogP contribution in [0.1, 0.15) is 45.2 Å². The standard InChI is InChI=1S/C24H31N7O/c1-18(31-17-23(27-28-31)20-7-3-10-25-15-20)30-12-9-22(13-24(30)32)29-11-4-8-21(16-29)26-14-19-5-2-6-19/h3,7,9-10,12-13,15,17-19,21,26H,2,4-6,8,11,14,16H2,1H3/t18?,21-/m1/s1. The molecular formula is C24H31N7O. The third-order valence-corrected chi connectivity index (χ3v) is 6.89. The van der Waals surface area contributed by atoms with Gasteiger partial charge in [-0.15, -0.1) is 5.10 Å². The number of anilines is 1. The molecule has 32 heavy (non-hydrogen) atoms. The average Bonchev–Trinajstić information content (AvgIpc) is 3.29. The first-order valence-corrected chi connectivity index (χ1v) is 11.7. The summed E-state index contributed by atoms with van der Waals surface area (Å²) >= 11 is 0. The summed E-state index contributed by atoms with van der Waals surface area (Å²) in [6.07, 6.45) is 13.4. The van der Waals surface area contributed by atoms with Crippen molar-refractivity contribution in [1.82, 2.24) is 29.9 Å². The lowest BCUT2D eigenvalue weighted by Crippen LogP contribution is -2.47. The fraction of sp³-hybridized carbons (Fsp3) is 0.500. The van der Waals surface area contributed by atoms with E-state index in [4.69, 9.17) is 0 Å². The zero-order valence-corrected chi connectivity index (χ0v) is 18.6. The summed E-state index contributed by atoms with van der Waals surface area (Å²) in [5, 5.41) is 12.2. The van der Waals surface area contributed by atoms with Gasteiger partial charge in [-0.1, -0.05) is 11.6 Å². The second-order valence-corrected chi connectivity index (χ2v) is 9.08. The third-order valence-electron chi connectivity index (χ3n) is 6.89. The van der Waals surface area contributed by atoms with Crippen LogP contribution in [0, 0.1) is 5.92 Å². The van der Waals surface area contributed by atoms with Crippen LogP contribution >= 0.6 is 0 Å². The largest absolute Gasteiger partial charge is 0.370 e. The van der Waals surface area contributed by atoms with Crippen LogP contribution in [-0.4, -0.2) is 50.2 Å². The predicted molar refractivity (Wildman–Crippen MR) is 125 cm³/mol. The molecular weight excluding hydrogens is 402 g/mol. The molecule has 8 heteroatoms. The quantitative estimate of drug-likeness (QED) is 0.617. The van der Waals surface area contributed by atoms with E-state index in [1.54, 1.807) is 27.7 Å². The molecule has 168 valence electrons. The van der Waals surface area contributed by atoms with Gasteiger partial charge < -0.3 is 10.2 Å². The second-order valence-electron chi connectivity index (χ2n) is 9.08. The second kappa shape index (κ2) is 9.24. The highest BCUT2D eigenvalue weighted by Gasteiger charge is 2.23. The van der Waals surface area contributed by atoms with E-state index in [1.165, 1.54) is 25.7 Å². The molecule has 5 rings (SSSR count). The van der Waals surface area contributed by atoms with Gasteiger partial charge in [0.05, 0.1) is 6.20 Å². The summed E-state index contributed by atoms with van der Waals surface area (Å²) in [4.78, 5) is 19.4. The van der Waals surface area contributed by atoms with Gasteiger partial charge in [0.2, 0.25) is 0 Å². The topological polar surface area (TPSA) is 80.9 Å². The number of rotatable bonds is 7. The summed E-state index contributed by atoms with van der Waals surface area (Å²) in [6.45, 7) is 5.04. The van der Waals surface area contributed by atoms with Crippen LogP contribution < -0.4 is 15.8 Å². The van der Waals surface area contributed by atoms with E-state index < -0.39 is 0 Å². The lowest BCUT2D eigenvalue weighted by Gasteiger charge is -2.36. The van der Waals surface area contributed by atoms with Gasteiger partial charge in [0.15, 0.2) is 0 Å². The van der Waals surface area contributed by atoms with Gasteiger partial charge in [-0.3, -0.25) is 14.3 Å². The number of pyridine rings is 2. The first kappa shape index (κ1) is 20.9. The fourth-order valence-corrected chi connectivity index (χ4v) is 4.63. The number of hydrogen-bond donors (Lipinski definition) is 1. The minimum atomic E-state index is -0.271. The number of aromatic nitrogens is 5. The van der Waals surface area contributed by atoms with Gasteiger partial charge in [-0.05, 0) is 63.3 Å². The first-order chi connectivity index (χ1) is 15.7. The van der Waals surface area contributed by atoms with E-state index in [-0.39, 0.29) is 11.7 Å². The summed E-state index contributed by atoms with van der Waals surface area (Å²) < 4.78 is 3.41. The highest BCUT2D eigenvalue weighted by Crippen LogP contribution is 2.26. The lowest BCUT2D eigenvalue weighted by molar-refractivity contribution is 0.280. The molecule has 0 spiro atoms. The highest BCUT2D eigenvalue weighted by atomic mass is 16.1. The zero-order valence-electron chi connectivity index (χ0n) is 18.6. The molecule has 0 amide bonds. The Balaban J connectivity index is 1.26. The van der Waals surface area contributed by atoms with Gasteiger partial charge in [0.25, 0.3) is 5.56 Å². The number of piperidine rings is 1. The monoisotopic (exact) mass is 433 g/mol. The van der Waals surface area contributed by atoms with Gasteiger partial charge in [-0.25, -0.2) is 4.68 Å². The third kappa shape index (κ3) is 4.46. The van der Waals surface area contributed by atoms with Crippen molar-refractivity contribution in [1.29, 1.82) is 0 Å². The van der Waals surface area contributed by atoms with Crippen molar-refractivity contribution in [2.75, 3.05) is 24.5 Å². The summed E-state index contributed by atoms with van der Waals surface area (Å²) in [7, 11) is 0. The number of hydrogen-bond acceptors (Lipinski definition) is 6. The lowest BCUT2D eigenvalue weighted by atomic mass is 9.85. The fourth-order valence-electron chi connectivity index (χ4n) is 4.63. The van der Waals surface area contributed by atoms with Gasteiger partial charge in [0, 0.05) is 55.0 Å². The van der Waals surface area contributed by atoms with Crippen molar-refractivity contribution in [3.05, 3.63) is 59.4 Å². The minimum absolute atomic E-state index is 0.0296. The molecule has 2 fully saturated rings. The Morgan fingerprint density at radius 2 is 2.12 bits per heavy atom. The molecule has 3 aromatic heterocycles. The molecule has 2 atom stereocenters. The molecule has 8 nitrogen and oxygen atoms in total. The molecule has 2 aliphatic rings. The van der Waals surface area contributed by atoms with Crippen molar-refractivity contribution < 1.29 is 0 Å². The van der Waals surface area contributed by atoms with E-state index in [2.05, 4.69) is 25.5 Å². The van der Waals surface area contributed by atoms with Crippen molar-refractivity contribution in [3.8, 4) is 11.3 Å². The van der Waals surface area contributed by atoms with Crippen LogP contribution in [0.4, 0.5) is 5.69 Å². The van der Waals surface area contributed by atoms with Crippen molar-refractivity contribution in [2.45, 2.75) is 51.2 Å². The van der Waals surface area contributed by atoms with Crippen LogP contribution in [-0.2, 0) is 0 Å². The Morgan fingerprint density at radius 3 is 2.88 bits per heavy atom. The van der Waals surface area contributed by atoms with E-state index >= 15 is 0 Å². The van der Waals surface area contributed by atoms with Crippen LogP contribution in [0.2, 0.25) is 0 Å². The Kier molecular flexibility index (Phi) is 6.03. The van der Waals surface area contributed by atoms with Gasteiger partial charge in [-0.2, -0.15) is 0 Å². The number of nitrogens with zero attached hydrogens (tertiary/aromatic N) is 6. The van der Waals surface area contributed by atoms with E-state index in [0.717, 1.165) is 48.9 Å². The Morgan fingerprint density at radius 1 is 1.22 bits per heavy atom. The maximum absolute atomic E-state index is 13.0. The van der Waals surface area contributed by atoms with E-state index in [9.17, 15) is 4.79 Å². The molecule has 1 aliphatic heterocycles. The molecule has 0 aromatic carbocycles. The minimum Gasteiger partial charge on any atom is -0.370 e. The molecule has 0 bridgehead atoms. The van der Waals surface area contributed by atoms with Gasteiger partial charge in [0.1, 0.15) is 11.9 Å². The average molecular weight is 434 g/mol. The van der Waals surface area contributed by atoms with Crippen LogP contribution in [0.25, 0.3) is 11.3 Å². The highest BCUT2D eigenvalue weighted by molar-refractivity contribution is 5.55. The molecule has 3 aromatic rings. The Bertz CT molecular complexity index is 1090. The van der Waals surface area contributed by atoms with Crippen molar-refractivity contribution in [3.63, 3.8) is 0 Å². The molecule has 1 saturated carbocycles. The maximum Gasteiger partial charge on any atom is 0.254 e. The molecule has 1 N–H and O–H groups in total. The van der Waals surface area contributed by atoms with Crippen molar-refractivity contribution >= 4 is 5.69 Å². The summed E-state index contributed by atoms with van der Waals surface area (Å²) in [5.41, 5.74) is 2.61. The van der Waals surface area contributed by atoms with Crippen LogP contribution in [0.15, 0.2) is 53.8 Å². The smallest absolute Gasteiger partial charge is 0.254 e. The number of nitrogens with one attached hydrogen (secondary N) is 1. The first-order valence-electron chi connectivity index (χ1n) is 11.7. The van der Waals surface area contributed by atoms with Crippen LogP contribution in [0.3, 0.4) is 0 Å². The summed E-state index contributed by atoms with van der Waals surface area (Å²) in [5.74, 6) is 0.867.